The van der Waals surface area contributed by atoms with Crippen molar-refractivity contribution in [2.45, 2.75) is 25.3 Å². The molecule has 0 amide bonds. The van der Waals surface area contributed by atoms with Gasteiger partial charge in [-0.05, 0) is 53.7 Å². The van der Waals surface area contributed by atoms with E-state index in [1.54, 1.807) is 26.2 Å². The highest BCUT2D eigenvalue weighted by molar-refractivity contribution is 9.10. The van der Waals surface area contributed by atoms with Crippen molar-refractivity contribution in [2.24, 2.45) is 11.7 Å². The van der Waals surface area contributed by atoms with Crippen LogP contribution in [0.15, 0.2) is 16.6 Å². The summed E-state index contributed by atoms with van der Waals surface area (Å²) in [6, 6.07) is 3.45. The van der Waals surface area contributed by atoms with E-state index < -0.39 is 5.54 Å². The van der Waals surface area contributed by atoms with E-state index in [9.17, 15) is 4.79 Å². The van der Waals surface area contributed by atoms with Gasteiger partial charge in [0.15, 0.2) is 5.78 Å². The van der Waals surface area contributed by atoms with Crippen LogP contribution in [-0.2, 0) is 0 Å². The van der Waals surface area contributed by atoms with E-state index in [4.69, 9.17) is 15.2 Å². The second-order valence-electron chi connectivity index (χ2n) is 5.05. The second kappa shape index (κ2) is 5.13. The van der Waals surface area contributed by atoms with Crippen LogP contribution < -0.4 is 15.2 Å². The molecule has 5 heteroatoms. The van der Waals surface area contributed by atoms with E-state index >= 15 is 0 Å². The largest absolute Gasteiger partial charge is 0.495 e. The van der Waals surface area contributed by atoms with E-state index in [0.717, 1.165) is 12.8 Å². The lowest BCUT2D eigenvalue weighted by molar-refractivity contribution is 0.0880. The van der Waals surface area contributed by atoms with Crippen LogP contribution in [0.4, 0.5) is 0 Å². The average molecular weight is 328 g/mol. The van der Waals surface area contributed by atoms with E-state index in [1.807, 2.05) is 0 Å². The van der Waals surface area contributed by atoms with Crippen LogP contribution in [0.3, 0.4) is 0 Å². The van der Waals surface area contributed by atoms with Crippen molar-refractivity contribution in [3.8, 4) is 11.5 Å². The smallest absolute Gasteiger partial charge is 0.186 e. The summed E-state index contributed by atoms with van der Waals surface area (Å²) >= 11 is 3.40. The highest BCUT2D eigenvalue weighted by atomic mass is 79.9. The molecule has 1 atom stereocenters. The Bertz CT molecular complexity index is 510. The molecule has 0 radical (unpaired) electrons. The Kier molecular flexibility index (Phi) is 3.87. The highest BCUT2D eigenvalue weighted by Gasteiger charge is 2.45. The maximum Gasteiger partial charge on any atom is 0.186 e. The quantitative estimate of drug-likeness (QED) is 0.845. The molecule has 2 rings (SSSR count). The van der Waals surface area contributed by atoms with Gasteiger partial charge in [-0.25, -0.2) is 0 Å². The fraction of sp³-hybridized carbons (Fsp3) is 0.500. The van der Waals surface area contributed by atoms with Gasteiger partial charge in [0.2, 0.25) is 0 Å². The lowest BCUT2D eigenvalue weighted by atomic mass is 9.87. The average Bonchev–Trinajstić information content (AvgIpc) is 3.22. The lowest BCUT2D eigenvalue weighted by Gasteiger charge is -2.24. The first kappa shape index (κ1) is 14.3. The zero-order valence-electron chi connectivity index (χ0n) is 11.3. The first-order valence-electron chi connectivity index (χ1n) is 6.17. The molecule has 1 aromatic rings. The molecule has 0 spiro atoms. The number of carbonyl (C=O) groups is 1. The number of hydrogen-bond acceptors (Lipinski definition) is 4. The van der Waals surface area contributed by atoms with Gasteiger partial charge >= 0.3 is 0 Å². The molecule has 1 aromatic carbocycles. The number of Topliss-reactive ketones (excluding diaryl/α,β-unsaturated/α-hetero) is 1. The normalized spacial score (nSPS) is 17.7. The minimum absolute atomic E-state index is 0.0878. The second-order valence-corrected chi connectivity index (χ2v) is 5.84. The minimum atomic E-state index is -0.832. The molecule has 104 valence electrons. The summed E-state index contributed by atoms with van der Waals surface area (Å²) in [6.45, 7) is 1.80. The van der Waals surface area contributed by atoms with Crippen molar-refractivity contribution in [3.05, 3.63) is 22.2 Å². The molecule has 1 fully saturated rings. The molecule has 0 bridgehead atoms. The SMILES string of the molecule is COc1ccc(C(=O)C(C)(N)C2CC2)c(OC)c1Br. The van der Waals surface area contributed by atoms with Crippen molar-refractivity contribution in [1.82, 2.24) is 0 Å². The van der Waals surface area contributed by atoms with Gasteiger partial charge in [0.25, 0.3) is 0 Å². The predicted molar refractivity (Wildman–Crippen MR) is 76.9 cm³/mol. The van der Waals surface area contributed by atoms with Gasteiger partial charge in [-0.3, -0.25) is 4.79 Å². The summed E-state index contributed by atoms with van der Waals surface area (Å²) in [5.74, 6) is 1.28. The third-order valence-electron chi connectivity index (χ3n) is 3.65. The molecule has 0 saturated heterocycles. The Balaban J connectivity index is 2.44. The van der Waals surface area contributed by atoms with Crippen molar-refractivity contribution < 1.29 is 14.3 Å². The maximum absolute atomic E-state index is 12.6. The Labute approximate surface area is 121 Å². The molecule has 4 nitrogen and oxygen atoms in total. The number of methoxy groups -OCH3 is 2. The predicted octanol–water partition coefficient (Wildman–Crippen LogP) is 2.78. The van der Waals surface area contributed by atoms with Crippen LogP contribution in [0.2, 0.25) is 0 Å². The van der Waals surface area contributed by atoms with Gasteiger partial charge < -0.3 is 15.2 Å². The third kappa shape index (κ3) is 2.49. The molecular formula is C14H18BrNO3. The summed E-state index contributed by atoms with van der Waals surface area (Å²) in [6.07, 6.45) is 2.02. The number of halogens is 1. The minimum Gasteiger partial charge on any atom is -0.495 e. The van der Waals surface area contributed by atoms with Crippen molar-refractivity contribution in [2.75, 3.05) is 14.2 Å². The Hall–Kier alpha value is -1.07. The topological polar surface area (TPSA) is 61.5 Å². The Morgan fingerprint density at radius 2 is 2.00 bits per heavy atom. The molecule has 1 saturated carbocycles. The summed E-state index contributed by atoms with van der Waals surface area (Å²) in [5, 5.41) is 0. The first-order chi connectivity index (χ1) is 8.93. The third-order valence-corrected chi connectivity index (χ3v) is 4.40. The molecule has 1 aliphatic rings. The summed E-state index contributed by atoms with van der Waals surface area (Å²) < 4.78 is 11.2. The zero-order valence-corrected chi connectivity index (χ0v) is 12.9. The number of ether oxygens (including phenoxy) is 2. The molecular weight excluding hydrogens is 310 g/mol. The lowest BCUT2D eigenvalue weighted by Crippen LogP contribution is -2.47. The van der Waals surface area contributed by atoms with E-state index in [1.165, 1.54) is 7.11 Å². The summed E-state index contributed by atoms with van der Waals surface area (Å²) in [7, 11) is 3.10. The molecule has 0 aromatic heterocycles. The fourth-order valence-electron chi connectivity index (χ4n) is 2.23. The standard InChI is InChI=1S/C14H18BrNO3/c1-14(16,8-4-5-8)13(17)9-6-7-10(18-2)11(15)12(9)19-3/h6-8H,4-5,16H2,1-3H3. The Morgan fingerprint density at radius 1 is 1.37 bits per heavy atom. The number of ketones is 1. The highest BCUT2D eigenvalue weighted by Crippen LogP contribution is 2.43. The molecule has 0 aliphatic heterocycles. The van der Waals surface area contributed by atoms with E-state index in [2.05, 4.69) is 15.9 Å². The molecule has 19 heavy (non-hydrogen) atoms. The maximum atomic E-state index is 12.6. The molecule has 1 aliphatic carbocycles. The van der Waals surface area contributed by atoms with E-state index in [0.29, 0.717) is 21.5 Å². The number of rotatable bonds is 5. The van der Waals surface area contributed by atoms with Gasteiger partial charge in [0.1, 0.15) is 16.0 Å². The van der Waals surface area contributed by atoms with Gasteiger partial charge in [-0.1, -0.05) is 0 Å². The number of benzene rings is 1. The van der Waals surface area contributed by atoms with Crippen LogP contribution >= 0.6 is 15.9 Å². The molecule has 1 unspecified atom stereocenters. The Morgan fingerprint density at radius 3 is 2.47 bits per heavy atom. The molecule has 0 heterocycles. The van der Waals surface area contributed by atoms with Crippen LogP contribution in [0, 0.1) is 5.92 Å². The monoisotopic (exact) mass is 327 g/mol. The van der Waals surface area contributed by atoms with Gasteiger partial charge in [-0.2, -0.15) is 0 Å². The first-order valence-corrected chi connectivity index (χ1v) is 6.97. The van der Waals surface area contributed by atoms with Crippen LogP contribution in [-0.4, -0.2) is 25.5 Å². The van der Waals surface area contributed by atoms with Crippen LogP contribution in [0.5, 0.6) is 11.5 Å². The number of hydrogen-bond donors (Lipinski definition) is 1. The van der Waals surface area contributed by atoms with Crippen molar-refractivity contribution >= 4 is 21.7 Å². The van der Waals surface area contributed by atoms with E-state index in [-0.39, 0.29) is 11.7 Å². The number of nitrogens with two attached hydrogens (primary N) is 1. The van der Waals surface area contributed by atoms with Crippen molar-refractivity contribution in [3.63, 3.8) is 0 Å². The number of carbonyl (C=O) groups excluding carboxylic acids is 1. The zero-order chi connectivity index (χ0) is 14.2. The van der Waals surface area contributed by atoms with Gasteiger partial charge in [0, 0.05) is 0 Å². The van der Waals surface area contributed by atoms with Crippen LogP contribution in [0.1, 0.15) is 30.1 Å². The van der Waals surface area contributed by atoms with Crippen LogP contribution in [0.25, 0.3) is 0 Å². The van der Waals surface area contributed by atoms with Gasteiger partial charge in [-0.15, -0.1) is 0 Å². The summed E-state index contributed by atoms with van der Waals surface area (Å²) in [4.78, 5) is 12.6. The fourth-order valence-corrected chi connectivity index (χ4v) is 2.90. The molecule has 2 N–H and O–H groups in total. The van der Waals surface area contributed by atoms with Crippen molar-refractivity contribution in [1.29, 1.82) is 0 Å². The van der Waals surface area contributed by atoms with Gasteiger partial charge in [0.05, 0.1) is 25.3 Å². The summed E-state index contributed by atoms with van der Waals surface area (Å²) in [5.41, 5.74) is 5.85.